The largest absolute Gasteiger partial charge is 0.331 e. The summed E-state index contributed by atoms with van der Waals surface area (Å²) in [6.45, 7) is 1.24. The molecule has 0 bridgehead atoms. The lowest BCUT2D eigenvalue weighted by Crippen LogP contribution is -2.30. The van der Waals surface area contributed by atoms with Crippen LogP contribution in [0.5, 0.6) is 0 Å². The highest BCUT2D eigenvalue weighted by Gasteiger charge is 2.31. The molecule has 1 saturated heterocycles. The Balaban J connectivity index is 1.85. The third kappa shape index (κ3) is 2.32. The van der Waals surface area contributed by atoms with Crippen molar-refractivity contribution in [3.8, 4) is 0 Å². The number of rotatable bonds is 3. The van der Waals surface area contributed by atoms with E-state index in [2.05, 4.69) is 10.2 Å². The predicted molar refractivity (Wildman–Crippen MR) is 75.9 cm³/mol. The second-order valence-electron chi connectivity index (χ2n) is 5.09. The Hall–Kier alpha value is -2.14. The third-order valence-electron chi connectivity index (χ3n) is 3.83. The molecular formula is C15H18N4O. The normalized spacial score (nSPS) is 18.4. The van der Waals surface area contributed by atoms with Gasteiger partial charge < -0.3 is 10.6 Å². The van der Waals surface area contributed by atoms with E-state index < -0.39 is 0 Å². The quantitative estimate of drug-likeness (QED) is 0.893. The Morgan fingerprint density at radius 2 is 2.40 bits per heavy atom. The molecule has 0 saturated carbocycles. The lowest BCUT2D eigenvalue weighted by molar-refractivity contribution is 0.0735. The van der Waals surface area contributed by atoms with Crippen LogP contribution < -0.4 is 5.73 Å². The number of hydrogen-bond donors (Lipinski definition) is 2. The van der Waals surface area contributed by atoms with Gasteiger partial charge in [0.15, 0.2) is 0 Å². The second-order valence-corrected chi connectivity index (χ2v) is 5.09. The fourth-order valence-electron chi connectivity index (χ4n) is 2.80. The minimum absolute atomic E-state index is 0.0731. The Labute approximate surface area is 117 Å². The molecule has 104 valence electrons. The first-order valence-corrected chi connectivity index (χ1v) is 6.88. The highest BCUT2D eigenvalue weighted by atomic mass is 16.2. The number of nitrogens with one attached hydrogen (secondary N) is 1. The van der Waals surface area contributed by atoms with E-state index in [1.165, 1.54) is 0 Å². The molecule has 1 unspecified atom stereocenters. The van der Waals surface area contributed by atoms with E-state index >= 15 is 0 Å². The summed E-state index contributed by atoms with van der Waals surface area (Å²) in [6.07, 6.45) is 5.68. The van der Waals surface area contributed by atoms with Crippen molar-refractivity contribution in [1.29, 1.82) is 0 Å². The average molecular weight is 270 g/mol. The summed E-state index contributed by atoms with van der Waals surface area (Å²) < 4.78 is 0. The SMILES string of the molecule is NCc1cccc(C(=O)N2CCCC2c2cn[nH]c2)c1. The van der Waals surface area contributed by atoms with E-state index in [0.717, 1.165) is 30.5 Å². The van der Waals surface area contributed by atoms with Crippen LogP contribution in [0.1, 0.15) is 40.4 Å². The van der Waals surface area contributed by atoms with Crippen molar-refractivity contribution in [2.75, 3.05) is 6.54 Å². The van der Waals surface area contributed by atoms with Crippen LogP contribution in [0.25, 0.3) is 0 Å². The van der Waals surface area contributed by atoms with E-state index in [9.17, 15) is 4.79 Å². The Kier molecular flexibility index (Phi) is 3.52. The van der Waals surface area contributed by atoms with Crippen molar-refractivity contribution < 1.29 is 4.79 Å². The molecule has 20 heavy (non-hydrogen) atoms. The number of carbonyl (C=O) groups is 1. The number of hydrogen-bond acceptors (Lipinski definition) is 3. The number of aromatic amines is 1. The summed E-state index contributed by atoms with van der Waals surface area (Å²) >= 11 is 0. The molecule has 1 atom stereocenters. The fourth-order valence-corrected chi connectivity index (χ4v) is 2.80. The van der Waals surface area contributed by atoms with Gasteiger partial charge in [-0.1, -0.05) is 12.1 Å². The first-order valence-electron chi connectivity index (χ1n) is 6.88. The van der Waals surface area contributed by atoms with Gasteiger partial charge in [0, 0.05) is 30.4 Å². The van der Waals surface area contributed by atoms with Gasteiger partial charge in [-0.3, -0.25) is 9.89 Å². The molecule has 1 aromatic carbocycles. The first-order chi connectivity index (χ1) is 9.79. The van der Waals surface area contributed by atoms with Crippen LogP contribution in [-0.2, 0) is 6.54 Å². The molecule has 0 radical (unpaired) electrons. The minimum Gasteiger partial charge on any atom is -0.331 e. The topological polar surface area (TPSA) is 75.0 Å². The minimum atomic E-state index is 0.0731. The maximum absolute atomic E-state index is 12.7. The van der Waals surface area contributed by atoms with Crippen LogP contribution in [0.3, 0.4) is 0 Å². The van der Waals surface area contributed by atoms with Crippen molar-refractivity contribution >= 4 is 5.91 Å². The van der Waals surface area contributed by atoms with Gasteiger partial charge in [-0.25, -0.2) is 0 Å². The summed E-state index contributed by atoms with van der Waals surface area (Å²) in [5.74, 6) is 0.0731. The monoisotopic (exact) mass is 270 g/mol. The van der Waals surface area contributed by atoms with E-state index in [1.807, 2.05) is 35.4 Å². The van der Waals surface area contributed by atoms with Gasteiger partial charge in [0.2, 0.25) is 0 Å². The smallest absolute Gasteiger partial charge is 0.254 e. The molecule has 1 amide bonds. The van der Waals surface area contributed by atoms with Crippen molar-refractivity contribution in [1.82, 2.24) is 15.1 Å². The highest BCUT2D eigenvalue weighted by molar-refractivity contribution is 5.94. The van der Waals surface area contributed by atoms with Gasteiger partial charge in [0.05, 0.1) is 12.2 Å². The average Bonchev–Trinajstić information content (AvgIpc) is 3.16. The van der Waals surface area contributed by atoms with Crippen LogP contribution >= 0.6 is 0 Å². The van der Waals surface area contributed by atoms with Crippen molar-refractivity contribution in [2.45, 2.75) is 25.4 Å². The maximum Gasteiger partial charge on any atom is 0.254 e. The molecule has 2 aromatic rings. The summed E-state index contributed by atoms with van der Waals surface area (Å²) in [6, 6.07) is 7.69. The van der Waals surface area contributed by atoms with Gasteiger partial charge in [-0.15, -0.1) is 0 Å². The standard InChI is InChI=1S/C15H18N4O/c16-8-11-3-1-4-12(7-11)15(20)19-6-2-5-14(19)13-9-17-18-10-13/h1,3-4,7,9-10,14H,2,5-6,8,16H2,(H,17,18). The molecule has 3 rings (SSSR count). The zero-order chi connectivity index (χ0) is 13.9. The lowest BCUT2D eigenvalue weighted by atomic mass is 10.1. The first kappa shape index (κ1) is 12.9. The number of H-pyrrole nitrogens is 1. The van der Waals surface area contributed by atoms with Crippen LogP contribution in [-0.4, -0.2) is 27.5 Å². The maximum atomic E-state index is 12.7. The molecule has 5 heteroatoms. The number of likely N-dealkylation sites (tertiary alicyclic amines) is 1. The molecule has 0 aliphatic carbocycles. The number of benzene rings is 1. The van der Waals surface area contributed by atoms with Gasteiger partial charge >= 0.3 is 0 Å². The number of nitrogens with two attached hydrogens (primary N) is 1. The summed E-state index contributed by atoms with van der Waals surface area (Å²) in [7, 11) is 0. The summed E-state index contributed by atoms with van der Waals surface area (Å²) in [5.41, 5.74) is 8.41. The van der Waals surface area contributed by atoms with E-state index in [0.29, 0.717) is 12.1 Å². The van der Waals surface area contributed by atoms with E-state index in [4.69, 9.17) is 5.73 Å². The molecule has 2 heterocycles. The molecule has 0 spiro atoms. The molecule has 5 nitrogen and oxygen atoms in total. The zero-order valence-corrected chi connectivity index (χ0v) is 11.2. The van der Waals surface area contributed by atoms with Gasteiger partial charge in [-0.2, -0.15) is 5.10 Å². The number of aromatic nitrogens is 2. The van der Waals surface area contributed by atoms with Crippen molar-refractivity contribution in [3.63, 3.8) is 0 Å². The number of nitrogens with zero attached hydrogens (tertiary/aromatic N) is 2. The highest BCUT2D eigenvalue weighted by Crippen LogP contribution is 2.32. The predicted octanol–water partition coefficient (Wildman–Crippen LogP) is 1.85. The van der Waals surface area contributed by atoms with Crippen molar-refractivity contribution in [3.05, 3.63) is 53.3 Å². The second kappa shape index (κ2) is 5.46. The fraction of sp³-hybridized carbons (Fsp3) is 0.333. The molecule has 1 fully saturated rings. The van der Waals surface area contributed by atoms with E-state index in [-0.39, 0.29) is 11.9 Å². The number of amides is 1. The van der Waals surface area contributed by atoms with Gasteiger partial charge in [0.25, 0.3) is 5.91 Å². The Bertz CT molecular complexity index is 594. The number of carbonyl (C=O) groups excluding carboxylic acids is 1. The summed E-state index contributed by atoms with van der Waals surface area (Å²) in [4.78, 5) is 14.6. The lowest BCUT2D eigenvalue weighted by Gasteiger charge is -2.24. The molecular weight excluding hydrogens is 252 g/mol. The van der Waals surface area contributed by atoms with Crippen molar-refractivity contribution in [2.24, 2.45) is 5.73 Å². The molecule has 1 aliphatic rings. The van der Waals surface area contributed by atoms with Gasteiger partial charge in [0.1, 0.15) is 0 Å². The Morgan fingerprint density at radius 3 is 3.15 bits per heavy atom. The summed E-state index contributed by atoms with van der Waals surface area (Å²) in [5, 5.41) is 6.80. The van der Waals surface area contributed by atoms with Gasteiger partial charge in [-0.05, 0) is 30.5 Å². The zero-order valence-electron chi connectivity index (χ0n) is 11.2. The van der Waals surface area contributed by atoms with E-state index in [1.54, 1.807) is 6.20 Å². The van der Waals surface area contributed by atoms with Crippen LogP contribution in [0.15, 0.2) is 36.7 Å². The van der Waals surface area contributed by atoms with Crippen LogP contribution in [0.4, 0.5) is 0 Å². The Morgan fingerprint density at radius 1 is 1.50 bits per heavy atom. The molecule has 3 N–H and O–H groups in total. The molecule has 1 aliphatic heterocycles. The molecule has 1 aromatic heterocycles. The van der Waals surface area contributed by atoms with Crippen LogP contribution in [0, 0.1) is 0 Å². The third-order valence-corrected chi connectivity index (χ3v) is 3.83. The van der Waals surface area contributed by atoms with Crippen LogP contribution in [0.2, 0.25) is 0 Å².